The van der Waals surface area contributed by atoms with Gasteiger partial charge in [-0.25, -0.2) is 0 Å². The minimum atomic E-state index is 0.733. The van der Waals surface area contributed by atoms with E-state index in [1.807, 2.05) is 0 Å². The van der Waals surface area contributed by atoms with Crippen LogP contribution in [0.5, 0.6) is 0 Å². The van der Waals surface area contributed by atoms with Crippen molar-refractivity contribution >= 4 is 11.8 Å². The maximum atomic E-state index is 3.96. The average Bonchev–Trinajstić information content (AvgIpc) is 2.36. The predicted octanol–water partition coefficient (Wildman–Crippen LogP) is 3.69. The van der Waals surface area contributed by atoms with Gasteiger partial charge in [-0.1, -0.05) is 0 Å². The zero-order valence-corrected chi connectivity index (χ0v) is 12.3. The molecule has 1 heterocycles. The van der Waals surface area contributed by atoms with Gasteiger partial charge >= 0.3 is 0 Å². The summed E-state index contributed by atoms with van der Waals surface area (Å²) in [6.07, 6.45) is 12.3. The Hall–Kier alpha value is 0.310. The lowest BCUT2D eigenvalue weighted by molar-refractivity contribution is -0.0523. The fraction of sp³-hybridized carbons (Fsp3) is 1.00. The molecule has 4 saturated carbocycles. The summed E-state index contributed by atoms with van der Waals surface area (Å²) in [4.78, 5) is 0. The molecule has 4 aliphatic carbocycles. The molecule has 2 heteroatoms. The minimum Gasteiger partial charge on any atom is -0.313 e. The van der Waals surface area contributed by atoms with Crippen LogP contribution in [0, 0.1) is 23.2 Å². The lowest BCUT2D eigenvalue weighted by Gasteiger charge is -2.57. The molecule has 4 bridgehead atoms. The van der Waals surface area contributed by atoms with Crippen molar-refractivity contribution in [1.29, 1.82) is 0 Å². The minimum absolute atomic E-state index is 0.733. The van der Waals surface area contributed by atoms with E-state index in [0.29, 0.717) is 0 Å². The summed E-state index contributed by atoms with van der Waals surface area (Å²) in [6, 6.07) is 0.830. The van der Waals surface area contributed by atoms with Crippen LogP contribution in [0.15, 0.2) is 0 Å². The van der Waals surface area contributed by atoms with Gasteiger partial charge in [0.2, 0.25) is 0 Å². The lowest BCUT2D eigenvalue weighted by Crippen LogP contribution is -2.52. The fourth-order valence-electron chi connectivity index (χ4n) is 5.77. The van der Waals surface area contributed by atoms with E-state index in [1.54, 1.807) is 38.5 Å². The van der Waals surface area contributed by atoms with Crippen LogP contribution in [-0.2, 0) is 0 Å². The zero-order valence-electron chi connectivity index (χ0n) is 11.5. The van der Waals surface area contributed by atoms with Crippen LogP contribution in [0.2, 0.25) is 0 Å². The van der Waals surface area contributed by atoms with Crippen LogP contribution in [0.4, 0.5) is 0 Å². The van der Waals surface area contributed by atoms with Crippen molar-refractivity contribution in [3.63, 3.8) is 0 Å². The first-order chi connectivity index (χ1) is 8.81. The number of thioether (sulfide) groups is 1. The highest BCUT2D eigenvalue weighted by molar-refractivity contribution is 7.99. The molecule has 1 saturated heterocycles. The monoisotopic (exact) mass is 265 g/mol. The summed E-state index contributed by atoms with van der Waals surface area (Å²) in [6.45, 7) is 1.35. The SMILES string of the molecule is C1CSCC(NCC23CC4CC(CC(C4)C2)C3)C1. The molecule has 0 aromatic carbocycles. The quantitative estimate of drug-likeness (QED) is 0.835. The predicted molar refractivity (Wildman–Crippen MR) is 79.0 cm³/mol. The maximum Gasteiger partial charge on any atom is 0.0158 e. The van der Waals surface area contributed by atoms with Crippen LogP contribution < -0.4 is 5.32 Å². The van der Waals surface area contributed by atoms with Crippen LogP contribution in [-0.4, -0.2) is 24.1 Å². The summed E-state index contributed by atoms with van der Waals surface area (Å²) in [5.41, 5.74) is 0.733. The van der Waals surface area contributed by atoms with Crippen molar-refractivity contribution < 1.29 is 0 Å². The maximum absolute atomic E-state index is 3.96. The summed E-state index contributed by atoms with van der Waals surface area (Å²) in [5, 5.41) is 3.96. The molecule has 0 aromatic rings. The zero-order chi connectivity index (χ0) is 12.0. The van der Waals surface area contributed by atoms with Crippen LogP contribution >= 0.6 is 11.8 Å². The van der Waals surface area contributed by atoms with E-state index in [1.165, 1.54) is 30.9 Å². The van der Waals surface area contributed by atoms with Crippen molar-refractivity contribution in [2.24, 2.45) is 23.2 Å². The molecule has 5 fully saturated rings. The third-order valence-electron chi connectivity index (χ3n) is 6.09. The Morgan fingerprint density at radius 3 is 2.22 bits per heavy atom. The lowest BCUT2D eigenvalue weighted by atomic mass is 9.49. The van der Waals surface area contributed by atoms with E-state index in [4.69, 9.17) is 0 Å². The Bertz CT molecular complexity index is 273. The van der Waals surface area contributed by atoms with Gasteiger partial charge in [0.05, 0.1) is 0 Å². The first-order valence-electron chi connectivity index (χ1n) is 8.12. The largest absolute Gasteiger partial charge is 0.313 e. The van der Waals surface area contributed by atoms with E-state index in [-0.39, 0.29) is 0 Å². The smallest absolute Gasteiger partial charge is 0.0158 e. The van der Waals surface area contributed by atoms with Gasteiger partial charge in [-0.15, -0.1) is 0 Å². The molecule has 0 spiro atoms. The van der Waals surface area contributed by atoms with Crippen LogP contribution in [0.1, 0.15) is 51.4 Å². The summed E-state index contributed by atoms with van der Waals surface area (Å²) in [7, 11) is 0. The Balaban J connectivity index is 1.38. The van der Waals surface area contributed by atoms with E-state index in [2.05, 4.69) is 17.1 Å². The molecule has 1 atom stereocenters. The second-order valence-corrected chi connectivity index (χ2v) is 8.86. The Morgan fingerprint density at radius 1 is 1.00 bits per heavy atom. The third-order valence-corrected chi connectivity index (χ3v) is 7.31. The molecule has 5 aliphatic rings. The molecular formula is C16H27NS. The molecule has 1 nitrogen and oxygen atoms in total. The number of nitrogens with one attached hydrogen (secondary N) is 1. The van der Waals surface area contributed by atoms with E-state index in [0.717, 1.165) is 29.2 Å². The first-order valence-corrected chi connectivity index (χ1v) is 9.28. The van der Waals surface area contributed by atoms with Gasteiger partial charge in [0.1, 0.15) is 0 Å². The second-order valence-electron chi connectivity index (χ2n) is 7.71. The molecule has 18 heavy (non-hydrogen) atoms. The van der Waals surface area contributed by atoms with E-state index < -0.39 is 0 Å². The summed E-state index contributed by atoms with van der Waals surface area (Å²) >= 11 is 2.16. The van der Waals surface area contributed by atoms with Crippen LogP contribution in [0.3, 0.4) is 0 Å². The van der Waals surface area contributed by atoms with Gasteiger partial charge in [-0.2, -0.15) is 11.8 Å². The highest BCUT2D eigenvalue weighted by atomic mass is 32.2. The Kier molecular flexibility index (Phi) is 3.15. The van der Waals surface area contributed by atoms with Crippen molar-refractivity contribution in [3.05, 3.63) is 0 Å². The van der Waals surface area contributed by atoms with Gasteiger partial charge < -0.3 is 5.32 Å². The number of rotatable bonds is 3. The van der Waals surface area contributed by atoms with Gasteiger partial charge in [0.25, 0.3) is 0 Å². The van der Waals surface area contributed by atoms with Crippen molar-refractivity contribution in [2.75, 3.05) is 18.1 Å². The van der Waals surface area contributed by atoms with Crippen LogP contribution in [0.25, 0.3) is 0 Å². The molecule has 0 amide bonds. The van der Waals surface area contributed by atoms with E-state index >= 15 is 0 Å². The average molecular weight is 265 g/mol. The fourth-order valence-corrected chi connectivity index (χ4v) is 6.88. The van der Waals surface area contributed by atoms with Gasteiger partial charge in [-0.3, -0.25) is 0 Å². The molecule has 102 valence electrons. The highest BCUT2D eigenvalue weighted by Crippen LogP contribution is 2.59. The molecular weight excluding hydrogens is 238 g/mol. The Morgan fingerprint density at radius 2 is 1.67 bits per heavy atom. The number of hydrogen-bond acceptors (Lipinski definition) is 2. The second kappa shape index (κ2) is 4.70. The van der Waals surface area contributed by atoms with Crippen molar-refractivity contribution in [3.8, 4) is 0 Å². The van der Waals surface area contributed by atoms with Crippen molar-refractivity contribution in [2.45, 2.75) is 57.4 Å². The normalized spacial score (nSPS) is 50.7. The standard InChI is InChI=1S/C16H27NS/c1-2-15(10-18-3-1)17-11-16-7-12-4-13(8-16)6-14(5-12)9-16/h12-15,17H,1-11H2. The topological polar surface area (TPSA) is 12.0 Å². The highest BCUT2D eigenvalue weighted by Gasteiger charge is 2.50. The number of hydrogen-bond donors (Lipinski definition) is 1. The first kappa shape index (κ1) is 12.1. The van der Waals surface area contributed by atoms with Gasteiger partial charge in [-0.05, 0) is 80.3 Å². The van der Waals surface area contributed by atoms with Gasteiger partial charge in [0.15, 0.2) is 0 Å². The summed E-state index contributed by atoms with van der Waals surface area (Å²) < 4.78 is 0. The Labute approximate surface area is 116 Å². The molecule has 1 aliphatic heterocycles. The molecule has 1 N–H and O–H groups in total. The summed E-state index contributed by atoms with van der Waals surface area (Å²) in [5.74, 6) is 6.10. The van der Waals surface area contributed by atoms with E-state index in [9.17, 15) is 0 Å². The third kappa shape index (κ3) is 2.24. The molecule has 0 radical (unpaired) electrons. The molecule has 0 aromatic heterocycles. The van der Waals surface area contributed by atoms with Gasteiger partial charge in [0, 0.05) is 18.3 Å². The van der Waals surface area contributed by atoms with Crippen molar-refractivity contribution in [1.82, 2.24) is 5.32 Å². The molecule has 1 unspecified atom stereocenters. The molecule has 5 rings (SSSR count).